The summed E-state index contributed by atoms with van der Waals surface area (Å²) >= 11 is 3.33. The summed E-state index contributed by atoms with van der Waals surface area (Å²) in [6, 6.07) is 1.86. The van der Waals surface area contributed by atoms with Gasteiger partial charge in [0.15, 0.2) is 5.78 Å². The molecule has 1 aromatic rings. The van der Waals surface area contributed by atoms with Crippen molar-refractivity contribution in [3.05, 3.63) is 22.4 Å². The smallest absolute Gasteiger partial charge is 0.193 e. The summed E-state index contributed by atoms with van der Waals surface area (Å²) < 4.78 is 5.40. The zero-order valence-electron chi connectivity index (χ0n) is 7.06. The fraction of sp³-hybridized carbons (Fsp3) is 0.444. The first-order chi connectivity index (χ1) is 6.38. The number of thiophene rings is 1. The molecule has 0 N–H and O–H groups in total. The van der Waals surface area contributed by atoms with Crippen LogP contribution in [0.2, 0.25) is 0 Å². The zero-order valence-corrected chi connectivity index (χ0v) is 8.70. The van der Waals surface area contributed by atoms with Crippen molar-refractivity contribution in [3.8, 4) is 0 Å². The topological polar surface area (TPSA) is 26.3 Å². The van der Waals surface area contributed by atoms with E-state index < -0.39 is 0 Å². The number of hydrogen-bond acceptors (Lipinski definition) is 4. The van der Waals surface area contributed by atoms with E-state index in [2.05, 4.69) is 0 Å². The van der Waals surface area contributed by atoms with Gasteiger partial charge in [0.2, 0.25) is 0 Å². The maximum atomic E-state index is 11.7. The Hall–Kier alpha value is -0.320. The number of thioether (sulfide) groups is 1. The van der Waals surface area contributed by atoms with Crippen LogP contribution in [-0.2, 0) is 4.74 Å². The zero-order chi connectivity index (χ0) is 9.10. The lowest BCUT2D eigenvalue weighted by molar-refractivity contribution is 0.0519. The summed E-state index contributed by atoms with van der Waals surface area (Å²) in [5.74, 6) is 1.94. The Labute approximate surface area is 85.3 Å². The van der Waals surface area contributed by atoms with E-state index in [0.29, 0.717) is 6.61 Å². The molecule has 13 heavy (non-hydrogen) atoms. The molecule has 2 nitrogen and oxygen atoms in total. The molecule has 1 fully saturated rings. The Morgan fingerprint density at radius 3 is 3.15 bits per heavy atom. The van der Waals surface area contributed by atoms with E-state index in [1.165, 1.54) is 0 Å². The number of carbonyl (C=O) groups is 1. The number of ether oxygens (including phenoxy) is 1. The van der Waals surface area contributed by atoms with Crippen molar-refractivity contribution in [1.82, 2.24) is 0 Å². The highest BCUT2D eigenvalue weighted by molar-refractivity contribution is 7.99. The number of ketones is 1. The summed E-state index contributed by atoms with van der Waals surface area (Å²) in [6.45, 7) is 0.700. The van der Waals surface area contributed by atoms with Crippen molar-refractivity contribution in [2.24, 2.45) is 0 Å². The van der Waals surface area contributed by atoms with Crippen LogP contribution in [0.4, 0.5) is 0 Å². The summed E-state index contributed by atoms with van der Waals surface area (Å²) in [5.41, 5.74) is 0.789. The fourth-order valence-electron chi connectivity index (χ4n) is 1.23. The predicted octanol–water partition coefficient (Wildman–Crippen LogP) is 2.06. The van der Waals surface area contributed by atoms with Gasteiger partial charge >= 0.3 is 0 Å². The second-order valence-electron chi connectivity index (χ2n) is 2.81. The average Bonchev–Trinajstić information content (AvgIpc) is 2.71. The van der Waals surface area contributed by atoms with Crippen LogP contribution >= 0.6 is 23.1 Å². The van der Waals surface area contributed by atoms with Gasteiger partial charge < -0.3 is 4.74 Å². The Bertz CT molecular complexity index is 276. The van der Waals surface area contributed by atoms with Gasteiger partial charge in [0.05, 0.1) is 6.61 Å². The summed E-state index contributed by atoms with van der Waals surface area (Å²) in [6.07, 6.45) is -0.214. The van der Waals surface area contributed by atoms with Gasteiger partial charge in [-0.1, -0.05) is 0 Å². The lowest BCUT2D eigenvalue weighted by atomic mass is 10.1. The van der Waals surface area contributed by atoms with E-state index in [4.69, 9.17) is 4.74 Å². The summed E-state index contributed by atoms with van der Waals surface area (Å²) in [5, 5.41) is 3.80. The van der Waals surface area contributed by atoms with Crippen LogP contribution in [-0.4, -0.2) is 30.0 Å². The molecule has 70 valence electrons. The molecular weight excluding hydrogens is 204 g/mol. The molecule has 1 atom stereocenters. The third-order valence-corrected chi connectivity index (χ3v) is 3.59. The number of hydrogen-bond donors (Lipinski definition) is 0. The molecule has 4 heteroatoms. The molecule has 1 aliphatic heterocycles. The van der Waals surface area contributed by atoms with E-state index in [1.54, 1.807) is 23.1 Å². The second kappa shape index (κ2) is 4.26. The van der Waals surface area contributed by atoms with Crippen molar-refractivity contribution in [1.29, 1.82) is 0 Å². The monoisotopic (exact) mass is 214 g/mol. The second-order valence-corrected chi connectivity index (χ2v) is 4.74. The Morgan fingerprint density at radius 1 is 1.62 bits per heavy atom. The summed E-state index contributed by atoms with van der Waals surface area (Å²) in [7, 11) is 0. The standard InChI is InChI=1S/C9H10O2S2/c10-9(7-1-3-12-5-7)8-6-13-4-2-11-8/h1,3,5,8H,2,4,6H2. The average molecular weight is 214 g/mol. The SMILES string of the molecule is O=C(c1ccsc1)C1CSCCO1. The number of Topliss-reactive ketones (excluding diaryl/α,β-unsaturated/α-hetero) is 1. The van der Waals surface area contributed by atoms with Crippen molar-refractivity contribution in [2.45, 2.75) is 6.10 Å². The molecule has 2 rings (SSSR count). The number of rotatable bonds is 2. The highest BCUT2D eigenvalue weighted by Gasteiger charge is 2.23. The molecule has 0 bridgehead atoms. The van der Waals surface area contributed by atoms with Crippen LogP contribution < -0.4 is 0 Å². The van der Waals surface area contributed by atoms with Crippen LogP contribution in [0.1, 0.15) is 10.4 Å². The van der Waals surface area contributed by atoms with E-state index in [-0.39, 0.29) is 11.9 Å². The van der Waals surface area contributed by atoms with Crippen LogP contribution in [0.3, 0.4) is 0 Å². The molecule has 0 spiro atoms. The largest absolute Gasteiger partial charge is 0.368 e. The molecule has 0 amide bonds. The van der Waals surface area contributed by atoms with Gasteiger partial charge in [-0.2, -0.15) is 23.1 Å². The lowest BCUT2D eigenvalue weighted by Gasteiger charge is -2.20. The van der Waals surface area contributed by atoms with Crippen molar-refractivity contribution in [2.75, 3.05) is 18.1 Å². The highest BCUT2D eigenvalue weighted by Crippen LogP contribution is 2.18. The summed E-state index contributed by atoms with van der Waals surface area (Å²) in [4.78, 5) is 11.7. The third-order valence-electron chi connectivity index (χ3n) is 1.91. The minimum Gasteiger partial charge on any atom is -0.368 e. The minimum absolute atomic E-state index is 0.133. The fourth-order valence-corrected chi connectivity index (χ4v) is 2.72. The van der Waals surface area contributed by atoms with Crippen LogP contribution in [0.15, 0.2) is 16.8 Å². The first kappa shape index (κ1) is 9.24. The van der Waals surface area contributed by atoms with Gasteiger partial charge in [0.25, 0.3) is 0 Å². The molecule has 1 aliphatic rings. The van der Waals surface area contributed by atoms with Crippen LogP contribution in [0.25, 0.3) is 0 Å². The molecule has 2 heterocycles. The molecule has 0 radical (unpaired) electrons. The van der Waals surface area contributed by atoms with E-state index in [0.717, 1.165) is 17.1 Å². The Kier molecular flexibility index (Phi) is 3.03. The minimum atomic E-state index is -0.214. The van der Waals surface area contributed by atoms with E-state index >= 15 is 0 Å². The van der Waals surface area contributed by atoms with Gasteiger partial charge in [-0.05, 0) is 11.4 Å². The van der Waals surface area contributed by atoms with Gasteiger partial charge in [0, 0.05) is 22.4 Å². The van der Waals surface area contributed by atoms with E-state index in [9.17, 15) is 4.79 Å². The molecule has 0 saturated carbocycles. The maximum Gasteiger partial charge on any atom is 0.193 e. The van der Waals surface area contributed by atoms with Crippen molar-refractivity contribution in [3.63, 3.8) is 0 Å². The molecule has 1 saturated heterocycles. The van der Waals surface area contributed by atoms with Gasteiger partial charge in [-0.15, -0.1) is 0 Å². The van der Waals surface area contributed by atoms with Gasteiger partial charge in [0.1, 0.15) is 6.10 Å². The first-order valence-corrected chi connectivity index (χ1v) is 6.23. The molecule has 0 aromatic carbocycles. The third kappa shape index (κ3) is 2.13. The van der Waals surface area contributed by atoms with Crippen LogP contribution in [0.5, 0.6) is 0 Å². The quantitative estimate of drug-likeness (QED) is 0.705. The maximum absolute atomic E-state index is 11.7. The highest BCUT2D eigenvalue weighted by atomic mass is 32.2. The number of carbonyl (C=O) groups excluding carboxylic acids is 1. The van der Waals surface area contributed by atoms with E-state index in [1.807, 2.05) is 16.8 Å². The predicted molar refractivity (Wildman–Crippen MR) is 55.7 cm³/mol. The van der Waals surface area contributed by atoms with Crippen LogP contribution in [0, 0.1) is 0 Å². The first-order valence-electron chi connectivity index (χ1n) is 4.13. The van der Waals surface area contributed by atoms with Crippen molar-refractivity contribution < 1.29 is 9.53 Å². The molecule has 1 aromatic heterocycles. The van der Waals surface area contributed by atoms with Gasteiger partial charge in [-0.25, -0.2) is 0 Å². The molecular formula is C9H10O2S2. The molecule has 1 unspecified atom stereocenters. The Balaban J connectivity index is 2.04. The normalized spacial score (nSPS) is 22.9. The Morgan fingerprint density at radius 2 is 2.54 bits per heavy atom. The van der Waals surface area contributed by atoms with Gasteiger partial charge in [-0.3, -0.25) is 4.79 Å². The lowest BCUT2D eigenvalue weighted by Crippen LogP contribution is -2.31. The molecule has 0 aliphatic carbocycles. The van der Waals surface area contributed by atoms with Crippen molar-refractivity contribution >= 4 is 28.9 Å².